The lowest BCUT2D eigenvalue weighted by Gasteiger charge is -2.21. The van der Waals surface area contributed by atoms with E-state index in [1.54, 1.807) is 12.3 Å². The highest BCUT2D eigenvalue weighted by Gasteiger charge is 2.26. The minimum absolute atomic E-state index is 0.372. The van der Waals surface area contributed by atoms with Gasteiger partial charge in [0, 0.05) is 44.6 Å². The molecule has 6 heteroatoms. The maximum atomic E-state index is 12.5. The summed E-state index contributed by atoms with van der Waals surface area (Å²) >= 11 is 0. The second-order valence-corrected chi connectivity index (χ2v) is 7.37. The minimum atomic E-state index is -3.37. The molecule has 0 saturated carbocycles. The highest BCUT2D eigenvalue weighted by Crippen LogP contribution is 2.20. The lowest BCUT2D eigenvalue weighted by molar-refractivity contribution is 0.437. The van der Waals surface area contributed by atoms with E-state index in [4.69, 9.17) is 0 Å². The van der Waals surface area contributed by atoms with Gasteiger partial charge in [-0.25, -0.2) is 8.42 Å². The summed E-state index contributed by atoms with van der Waals surface area (Å²) < 4.78 is 28.5. The van der Waals surface area contributed by atoms with Crippen molar-refractivity contribution in [1.29, 1.82) is 0 Å². The van der Waals surface area contributed by atoms with Crippen LogP contribution in [0.1, 0.15) is 26.0 Å². The van der Waals surface area contributed by atoms with Gasteiger partial charge in [-0.2, -0.15) is 4.31 Å². The van der Waals surface area contributed by atoms with Gasteiger partial charge in [0.1, 0.15) is 4.90 Å². The minimum Gasteiger partial charge on any atom is -0.352 e. The third-order valence-electron chi connectivity index (χ3n) is 3.43. The Morgan fingerprint density at radius 2 is 2.10 bits per heavy atom. The van der Waals surface area contributed by atoms with Crippen molar-refractivity contribution in [3.63, 3.8) is 0 Å². The Bertz CT molecular complexity index is 588. The van der Waals surface area contributed by atoms with Gasteiger partial charge in [-0.3, -0.25) is 0 Å². The molecule has 0 fully saturated rings. The number of nitrogens with one attached hydrogen (secondary N) is 1. The lowest BCUT2D eigenvalue weighted by atomic mass is 10.3. The summed E-state index contributed by atoms with van der Waals surface area (Å²) in [6.07, 6.45) is 6.42. The number of nitrogens with zero attached hydrogens (tertiary/aromatic N) is 2. The predicted octanol–water partition coefficient (Wildman–Crippen LogP) is 1.47. The monoisotopic (exact) mass is 297 g/mol. The number of aromatic nitrogens is 1. The van der Waals surface area contributed by atoms with Crippen molar-refractivity contribution in [2.75, 3.05) is 13.1 Å². The molecule has 1 aromatic heterocycles. The molecule has 1 aliphatic heterocycles. The molecular formula is C14H23N3O2S. The first-order valence-electron chi connectivity index (χ1n) is 6.95. The molecule has 2 rings (SSSR count). The van der Waals surface area contributed by atoms with Crippen molar-refractivity contribution in [1.82, 2.24) is 14.2 Å². The van der Waals surface area contributed by atoms with Gasteiger partial charge >= 0.3 is 0 Å². The Morgan fingerprint density at radius 3 is 2.70 bits per heavy atom. The molecule has 0 radical (unpaired) electrons. The van der Waals surface area contributed by atoms with Crippen LogP contribution in [0.4, 0.5) is 0 Å². The summed E-state index contributed by atoms with van der Waals surface area (Å²) in [6.45, 7) is 5.84. The second kappa shape index (κ2) is 6.11. The van der Waals surface area contributed by atoms with Gasteiger partial charge in [0.15, 0.2) is 0 Å². The zero-order valence-corrected chi connectivity index (χ0v) is 13.2. The van der Waals surface area contributed by atoms with Crippen LogP contribution in [-0.2, 0) is 23.6 Å². The third-order valence-corrected chi connectivity index (χ3v) is 5.26. The first-order chi connectivity index (χ1) is 9.41. The molecule has 1 aromatic rings. The highest BCUT2D eigenvalue weighted by atomic mass is 32.2. The molecule has 1 aliphatic rings. The van der Waals surface area contributed by atoms with Crippen molar-refractivity contribution in [2.45, 2.75) is 37.8 Å². The topological polar surface area (TPSA) is 54.3 Å². The highest BCUT2D eigenvalue weighted by molar-refractivity contribution is 7.89. The standard InChI is InChI=1S/C14H23N3O2S/c1-12(2)15-10-13-9-14(11-16(13)3)20(18,19)17-7-5-4-6-8-17/h4-5,9,11-12,15H,6-8,10H2,1-3H3. The molecule has 0 saturated heterocycles. The van der Waals surface area contributed by atoms with E-state index in [-0.39, 0.29) is 0 Å². The Hall–Kier alpha value is -1.11. The summed E-state index contributed by atoms with van der Waals surface area (Å²) in [4.78, 5) is 0.385. The first-order valence-corrected chi connectivity index (χ1v) is 8.39. The van der Waals surface area contributed by atoms with E-state index in [0.29, 0.717) is 30.6 Å². The number of hydrogen-bond donors (Lipinski definition) is 1. The average Bonchev–Trinajstić information content (AvgIpc) is 2.79. The fourth-order valence-corrected chi connectivity index (χ4v) is 3.69. The summed E-state index contributed by atoms with van der Waals surface area (Å²) in [7, 11) is -1.49. The SMILES string of the molecule is CC(C)NCc1cc(S(=O)(=O)N2CC=CCC2)cn1C. The van der Waals surface area contributed by atoms with Gasteiger partial charge in [-0.1, -0.05) is 26.0 Å². The lowest BCUT2D eigenvalue weighted by Crippen LogP contribution is -2.33. The normalized spacial score (nSPS) is 17.0. The van der Waals surface area contributed by atoms with E-state index >= 15 is 0 Å². The molecule has 0 unspecified atom stereocenters. The van der Waals surface area contributed by atoms with Gasteiger partial charge in [0.05, 0.1) is 0 Å². The van der Waals surface area contributed by atoms with Crippen LogP contribution in [-0.4, -0.2) is 36.4 Å². The summed E-state index contributed by atoms with van der Waals surface area (Å²) in [6, 6.07) is 2.14. The van der Waals surface area contributed by atoms with Crippen LogP contribution in [0.3, 0.4) is 0 Å². The fraction of sp³-hybridized carbons (Fsp3) is 0.571. The molecule has 0 spiro atoms. The van der Waals surface area contributed by atoms with E-state index in [0.717, 1.165) is 12.1 Å². The summed E-state index contributed by atoms with van der Waals surface area (Å²) in [5.74, 6) is 0. The van der Waals surface area contributed by atoms with Crippen LogP contribution in [0.5, 0.6) is 0 Å². The zero-order valence-electron chi connectivity index (χ0n) is 12.3. The fourth-order valence-electron chi connectivity index (χ4n) is 2.19. The zero-order chi connectivity index (χ0) is 14.8. The van der Waals surface area contributed by atoms with E-state index in [9.17, 15) is 8.42 Å². The quantitative estimate of drug-likeness (QED) is 0.838. The molecule has 0 atom stereocenters. The maximum absolute atomic E-state index is 12.5. The van der Waals surface area contributed by atoms with Crippen LogP contribution in [0.25, 0.3) is 0 Å². The number of hydrogen-bond acceptors (Lipinski definition) is 3. The van der Waals surface area contributed by atoms with Gasteiger partial charge in [-0.15, -0.1) is 0 Å². The van der Waals surface area contributed by atoms with Crippen molar-refractivity contribution in [2.24, 2.45) is 7.05 Å². The van der Waals surface area contributed by atoms with Crippen molar-refractivity contribution in [3.05, 3.63) is 30.1 Å². The van der Waals surface area contributed by atoms with Gasteiger partial charge in [0.25, 0.3) is 0 Å². The van der Waals surface area contributed by atoms with Gasteiger partial charge < -0.3 is 9.88 Å². The molecule has 1 N–H and O–H groups in total. The first kappa shape index (κ1) is 15.3. The number of aryl methyl sites for hydroxylation is 1. The van der Waals surface area contributed by atoms with Crippen molar-refractivity contribution in [3.8, 4) is 0 Å². The molecular weight excluding hydrogens is 274 g/mol. The molecule has 2 heterocycles. The Balaban J connectivity index is 2.20. The Kier molecular flexibility index (Phi) is 4.67. The largest absolute Gasteiger partial charge is 0.352 e. The molecule has 20 heavy (non-hydrogen) atoms. The smallest absolute Gasteiger partial charge is 0.244 e. The summed E-state index contributed by atoms with van der Waals surface area (Å²) in [5, 5.41) is 3.31. The van der Waals surface area contributed by atoms with Crippen molar-refractivity contribution < 1.29 is 8.42 Å². The molecule has 0 aliphatic carbocycles. The van der Waals surface area contributed by atoms with Crippen LogP contribution in [0.2, 0.25) is 0 Å². The van der Waals surface area contributed by atoms with Crippen LogP contribution >= 0.6 is 0 Å². The predicted molar refractivity (Wildman–Crippen MR) is 79.9 cm³/mol. The second-order valence-electron chi connectivity index (χ2n) is 5.44. The van der Waals surface area contributed by atoms with Crippen LogP contribution in [0, 0.1) is 0 Å². The van der Waals surface area contributed by atoms with E-state index in [1.165, 1.54) is 4.31 Å². The Morgan fingerprint density at radius 1 is 1.35 bits per heavy atom. The number of sulfonamides is 1. The summed E-state index contributed by atoms with van der Waals surface area (Å²) in [5.41, 5.74) is 0.977. The van der Waals surface area contributed by atoms with E-state index < -0.39 is 10.0 Å². The molecule has 0 aromatic carbocycles. The number of rotatable bonds is 5. The maximum Gasteiger partial charge on any atom is 0.244 e. The van der Waals surface area contributed by atoms with E-state index in [1.807, 2.05) is 23.8 Å². The molecule has 0 bridgehead atoms. The van der Waals surface area contributed by atoms with Gasteiger partial charge in [-0.05, 0) is 12.5 Å². The van der Waals surface area contributed by atoms with Crippen LogP contribution in [0.15, 0.2) is 29.3 Å². The molecule has 0 amide bonds. The third kappa shape index (κ3) is 3.31. The average molecular weight is 297 g/mol. The molecule has 112 valence electrons. The molecule has 5 nitrogen and oxygen atoms in total. The Labute approximate surface area is 121 Å². The van der Waals surface area contributed by atoms with Crippen LogP contribution < -0.4 is 5.32 Å². The van der Waals surface area contributed by atoms with Crippen molar-refractivity contribution >= 4 is 10.0 Å². The van der Waals surface area contributed by atoms with E-state index in [2.05, 4.69) is 19.2 Å². The van der Waals surface area contributed by atoms with Gasteiger partial charge in [0.2, 0.25) is 10.0 Å².